The molecule has 0 aromatic heterocycles. The number of rotatable bonds is 5. The topological polar surface area (TPSA) is 74.5 Å². The quantitative estimate of drug-likeness (QED) is 0.848. The molecule has 1 atom stereocenters. The number of nitrogens with zero attached hydrogens (tertiary/aromatic N) is 2. The van der Waals surface area contributed by atoms with Crippen molar-refractivity contribution in [3.05, 3.63) is 29.8 Å². The van der Waals surface area contributed by atoms with Gasteiger partial charge in [-0.1, -0.05) is 6.42 Å². The first-order chi connectivity index (χ1) is 10.7. The van der Waals surface area contributed by atoms with Gasteiger partial charge < -0.3 is 4.74 Å². The van der Waals surface area contributed by atoms with E-state index in [1.807, 2.05) is 0 Å². The summed E-state index contributed by atoms with van der Waals surface area (Å²) >= 11 is 0. The predicted octanol–water partition coefficient (Wildman–Crippen LogP) is 3.27. The molecule has 0 spiro atoms. The molecule has 22 heavy (non-hydrogen) atoms. The SMILES string of the molecule is COc1ccc(C(=O)N/N=C2/CCCC[C@H]2CCC#N)cc1. The molecule has 1 aliphatic rings. The van der Waals surface area contributed by atoms with E-state index in [4.69, 9.17) is 10.00 Å². The number of hydrogen-bond donors (Lipinski definition) is 1. The fourth-order valence-electron chi connectivity index (χ4n) is 2.69. The highest BCUT2D eigenvalue weighted by Crippen LogP contribution is 2.25. The Kier molecular flexibility index (Phi) is 5.96. The van der Waals surface area contributed by atoms with Gasteiger partial charge in [-0.3, -0.25) is 4.79 Å². The highest BCUT2D eigenvalue weighted by molar-refractivity contribution is 5.96. The Bertz CT molecular complexity index is 573. The van der Waals surface area contributed by atoms with Crippen LogP contribution in [0.3, 0.4) is 0 Å². The highest BCUT2D eigenvalue weighted by Gasteiger charge is 2.20. The van der Waals surface area contributed by atoms with Gasteiger partial charge in [0.05, 0.1) is 13.2 Å². The number of methoxy groups -OCH3 is 1. The van der Waals surface area contributed by atoms with Crippen LogP contribution in [-0.4, -0.2) is 18.7 Å². The molecule has 116 valence electrons. The zero-order chi connectivity index (χ0) is 15.8. The number of nitrogens with one attached hydrogen (secondary N) is 1. The minimum atomic E-state index is -0.222. The Labute approximate surface area is 131 Å². The molecule has 2 rings (SSSR count). The van der Waals surface area contributed by atoms with E-state index in [2.05, 4.69) is 16.6 Å². The summed E-state index contributed by atoms with van der Waals surface area (Å²) in [7, 11) is 1.59. The molecule has 5 heteroatoms. The molecule has 0 aliphatic heterocycles. The summed E-state index contributed by atoms with van der Waals surface area (Å²) in [5.41, 5.74) is 4.21. The molecule has 1 aromatic carbocycles. The largest absolute Gasteiger partial charge is 0.497 e. The Morgan fingerprint density at radius 1 is 1.41 bits per heavy atom. The van der Waals surface area contributed by atoms with Gasteiger partial charge in [0, 0.05) is 23.6 Å². The van der Waals surface area contributed by atoms with Crippen molar-refractivity contribution in [2.45, 2.75) is 38.5 Å². The Morgan fingerprint density at radius 2 is 2.18 bits per heavy atom. The van der Waals surface area contributed by atoms with E-state index in [-0.39, 0.29) is 5.91 Å². The maximum Gasteiger partial charge on any atom is 0.271 e. The number of ether oxygens (including phenoxy) is 1. The highest BCUT2D eigenvalue weighted by atomic mass is 16.5. The summed E-state index contributed by atoms with van der Waals surface area (Å²) < 4.78 is 5.07. The van der Waals surface area contributed by atoms with Crippen molar-refractivity contribution in [1.82, 2.24) is 5.43 Å². The molecule has 0 unspecified atom stereocenters. The van der Waals surface area contributed by atoms with E-state index >= 15 is 0 Å². The molecule has 1 fully saturated rings. The third-order valence-electron chi connectivity index (χ3n) is 3.96. The van der Waals surface area contributed by atoms with Crippen LogP contribution in [0.5, 0.6) is 5.75 Å². The van der Waals surface area contributed by atoms with Crippen molar-refractivity contribution in [1.29, 1.82) is 5.26 Å². The molecule has 1 amide bonds. The fraction of sp³-hybridized carbons (Fsp3) is 0.471. The lowest BCUT2D eigenvalue weighted by Crippen LogP contribution is -2.25. The van der Waals surface area contributed by atoms with Crippen LogP contribution in [0, 0.1) is 17.2 Å². The van der Waals surface area contributed by atoms with Crippen molar-refractivity contribution in [2.24, 2.45) is 11.0 Å². The van der Waals surface area contributed by atoms with Crippen LogP contribution in [0.15, 0.2) is 29.4 Å². The van der Waals surface area contributed by atoms with E-state index < -0.39 is 0 Å². The standard InChI is InChI=1S/C17H21N3O2/c1-22-15-10-8-14(9-11-15)17(21)20-19-16-7-3-2-5-13(16)6-4-12-18/h8-11,13H,2-7H2,1H3,(H,20,21)/b19-16-/t13-/m0/s1. The van der Waals surface area contributed by atoms with E-state index in [0.717, 1.165) is 31.4 Å². The predicted molar refractivity (Wildman–Crippen MR) is 84.7 cm³/mol. The minimum absolute atomic E-state index is 0.222. The number of benzene rings is 1. The van der Waals surface area contributed by atoms with Gasteiger partial charge in [-0.25, -0.2) is 5.43 Å². The van der Waals surface area contributed by atoms with Crippen molar-refractivity contribution in [2.75, 3.05) is 7.11 Å². The third kappa shape index (κ3) is 4.32. The molecular formula is C17H21N3O2. The molecule has 1 aromatic rings. The first-order valence-corrected chi connectivity index (χ1v) is 7.62. The van der Waals surface area contributed by atoms with E-state index in [9.17, 15) is 4.79 Å². The second kappa shape index (κ2) is 8.18. The molecule has 0 radical (unpaired) electrons. The number of carbonyl (C=O) groups excluding carboxylic acids is 1. The summed E-state index contributed by atoms with van der Waals surface area (Å²) in [6, 6.07) is 9.10. The average Bonchev–Trinajstić information content (AvgIpc) is 2.58. The smallest absolute Gasteiger partial charge is 0.271 e. The van der Waals surface area contributed by atoms with Crippen molar-refractivity contribution in [3.63, 3.8) is 0 Å². The molecule has 0 bridgehead atoms. The van der Waals surface area contributed by atoms with Gasteiger partial charge in [-0.15, -0.1) is 0 Å². The normalized spacial score (nSPS) is 19.5. The third-order valence-corrected chi connectivity index (χ3v) is 3.96. The lowest BCUT2D eigenvalue weighted by molar-refractivity contribution is 0.0954. The Hall–Kier alpha value is -2.35. The summed E-state index contributed by atoms with van der Waals surface area (Å²) in [4.78, 5) is 12.1. The lowest BCUT2D eigenvalue weighted by Gasteiger charge is -2.23. The Morgan fingerprint density at radius 3 is 2.86 bits per heavy atom. The number of carbonyl (C=O) groups is 1. The maximum atomic E-state index is 12.1. The molecule has 1 saturated carbocycles. The molecule has 1 N–H and O–H groups in total. The summed E-state index contributed by atoms with van der Waals surface area (Å²) in [5.74, 6) is 0.816. The number of hydrazone groups is 1. The molecule has 5 nitrogen and oxygen atoms in total. The van der Waals surface area contributed by atoms with Gasteiger partial charge in [0.25, 0.3) is 5.91 Å². The van der Waals surface area contributed by atoms with Crippen LogP contribution in [-0.2, 0) is 0 Å². The van der Waals surface area contributed by atoms with Crippen LogP contribution < -0.4 is 10.2 Å². The lowest BCUT2D eigenvalue weighted by atomic mass is 9.84. The summed E-state index contributed by atoms with van der Waals surface area (Å²) in [6.07, 6.45) is 5.59. The van der Waals surface area contributed by atoms with Crippen LogP contribution in [0.1, 0.15) is 48.9 Å². The van der Waals surface area contributed by atoms with Gasteiger partial charge in [-0.2, -0.15) is 10.4 Å². The van der Waals surface area contributed by atoms with Crippen molar-refractivity contribution in [3.8, 4) is 11.8 Å². The first-order valence-electron chi connectivity index (χ1n) is 7.62. The van der Waals surface area contributed by atoms with Gasteiger partial charge in [-0.05, 0) is 49.9 Å². The minimum Gasteiger partial charge on any atom is -0.497 e. The Balaban J connectivity index is 1.98. The first kappa shape index (κ1) is 16.0. The second-order valence-corrected chi connectivity index (χ2v) is 5.41. The summed E-state index contributed by atoms with van der Waals surface area (Å²) in [6.45, 7) is 0. The number of nitriles is 1. The van der Waals surface area contributed by atoms with Crippen LogP contribution >= 0.6 is 0 Å². The van der Waals surface area contributed by atoms with Crippen LogP contribution in [0.4, 0.5) is 0 Å². The molecule has 1 aliphatic carbocycles. The number of amides is 1. The molecule has 0 saturated heterocycles. The molecule has 0 heterocycles. The van der Waals surface area contributed by atoms with Crippen molar-refractivity contribution < 1.29 is 9.53 Å². The van der Waals surface area contributed by atoms with Crippen molar-refractivity contribution >= 4 is 11.6 Å². The zero-order valence-electron chi connectivity index (χ0n) is 12.8. The van der Waals surface area contributed by atoms with E-state index in [1.54, 1.807) is 31.4 Å². The summed E-state index contributed by atoms with van der Waals surface area (Å²) in [5, 5.41) is 13.0. The maximum absolute atomic E-state index is 12.1. The van der Waals surface area contributed by atoms with Gasteiger partial charge in [0.2, 0.25) is 0 Å². The van der Waals surface area contributed by atoms with Gasteiger partial charge >= 0.3 is 0 Å². The monoisotopic (exact) mass is 299 g/mol. The van der Waals surface area contributed by atoms with Gasteiger partial charge in [0.15, 0.2) is 0 Å². The van der Waals surface area contributed by atoms with E-state index in [0.29, 0.717) is 23.7 Å². The van der Waals surface area contributed by atoms with Crippen LogP contribution in [0.2, 0.25) is 0 Å². The molecular weight excluding hydrogens is 278 g/mol. The second-order valence-electron chi connectivity index (χ2n) is 5.41. The fourth-order valence-corrected chi connectivity index (χ4v) is 2.69. The van der Waals surface area contributed by atoms with E-state index in [1.165, 1.54) is 6.42 Å². The van der Waals surface area contributed by atoms with Gasteiger partial charge in [0.1, 0.15) is 5.75 Å². The van der Waals surface area contributed by atoms with Crippen LogP contribution in [0.25, 0.3) is 0 Å². The average molecular weight is 299 g/mol. The zero-order valence-corrected chi connectivity index (χ0v) is 12.8. The number of hydrogen-bond acceptors (Lipinski definition) is 4.